The first-order valence-electron chi connectivity index (χ1n) is 13.1. The van der Waals surface area contributed by atoms with Crippen molar-refractivity contribution in [1.82, 2.24) is 9.80 Å². The molecule has 39 heavy (non-hydrogen) atoms. The van der Waals surface area contributed by atoms with Crippen molar-refractivity contribution in [3.8, 4) is 11.5 Å². The lowest BCUT2D eigenvalue weighted by molar-refractivity contribution is -0.159. The van der Waals surface area contributed by atoms with E-state index in [0.29, 0.717) is 6.04 Å². The van der Waals surface area contributed by atoms with Gasteiger partial charge >= 0.3 is 11.9 Å². The average Bonchev–Trinajstić information content (AvgIpc) is 2.97. The summed E-state index contributed by atoms with van der Waals surface area (Å²) in [7, 11) is 3.42. The van der Waals surface area contributed by atoms with Gasteiger partial charge in [-0.25, -0.2) is 9.59 Å². The van der Waals surface area contributed by atoms with Crippen molar-refractivity contribution in [3.05, 3.63) is 95.6 Å². The minimum absolute atomic E-state index is 0.609. The van der Waals surface area contributed by atoms with Crippen LogP contribution in [-0.2, 0) is 29.1 Å². The number of benzene rings is 3. The Hall–Kier alpha value is -3.88. The van der Waals surface area contributed by atoms with Gasteiger partial charge in [0, 0.05) is 31.2 Å². The van der Waals surface area contributed by atoms with Crippen molar-refractivity contribution in [1.29, 1.82) is 0 Å². The van der Waals surface area contributed by atoms with Crippen LogP contribution in [0, 0.1) is 0 Å². The van der Waals surface area contributed by atoms with E-state index in [0.717, 1.165) is 50.6 Å². The summed E-state index contributed by atoms with van der Waals surface area (Å²) in [5, 5.41) is 14.8. The SMILES string of the molecule is COc1cccc(CN2CCC(N(CCc3ccccc3)Cc3ccccc3)CC2)c1OC.O=C(O)C(=O)O. The van der Waals surface area contributed by atoms with E-state index in [1.165, 1.54) is 29.5 Å². The molecular weight excluding hydrogens is 496 g/mol. The van der Waals surface area contributed by atoms with Crippen molar-refractivity contribution >= 4 is 11.9 Å². The lowest BCUT2D eigenvalue weighted by Crippen LogP contribution is -2.45. The van der Waals surface area contributed by atoms with E-state index in [1.54, 1.807) is 14.2 Å². The number of hydrogen-bond donors (Lipinski definition) is 2. The van der Waals surface area contributed by atoms with Crippen LogP contribution in [0.2, 0.25) is 0 Å². The number of rotatable bonds is 10. The quantitative estimate of drug-likeness (QED) is 0.365. The number of methoxy groups -OCH3 is 2. The van der Waals surface area contributed by atoms with Crippen LogP contribution in [0.3, 0.4) is 0 Å². The number of aliphatic carboxylic acids is 2. The molecule has 2 N–H and O–H groups in total. The van der Waals surface area contributed by atoms with E-state index in [-0.39, 0.29) is 0 Å². The van der Waals surface area contributed by atoms with Gasteiger partial charge < -0.3 is 19.7 Å². The van der Waals surface area contributed by atoms with Crippen molar-refractivity contribution in [2.45, 2.75) is 38.4 Å². The predicted molar refractivity (Wildman–Crippen MR) is 150 cm³/mol. The summed E-state index contributed by atoms with van der Waals surface area (Å²) < 4.78 is 11.1. The Bertz CT molecular complexity index is 1150. The summed E-state index contributed by atoms with van der Waals surface area (Å²) in [6, 6.07) is 28.5. The van der Waals surface area contributed by atoms with Crippen LogP contribution in [0.25, 0.3) is 0 Å². The average molecular weight is 535 g/mol. The number of ether oxygens (including phenoxy) is 2. The van der Waals surface area contributed by atoms with Crippen molar-refractivity contribution in [3.63, 3.8) is 0 Å². The minimum atomic E-state index is -1.82. The fraction of sp³-hybridized carbons (Fsp3) is 0.355. The van der Waals surface area contributed by atoms with Crippen LogP contribution in [0.4, 0.5) is 0 Å². The first-order valence-corrected chi connectivity index (χ1v) is 13.1. The summed E-state index contributed by atoms with van der Waals surface area (Å²) in [6.45, 7) is 5.20. The van der Waals surface area contributed by atoms with Crippen molar-refractivity contribution in [2.24, 2.45) is 0 Å². The maximum Gasteiger partial charge on any atom is 0.414 e. The maximum absolute atomic E-state index is 9.10. The van der Waals surface area contributed by atoms with Crippen LogP contribution in [0.15, 0.2) is 78.9 Å². The zero-order chi connectivity index (χ0) is 28.0. The normalized spacial score (nSPS) is 13.8. The van der Waals surface area contributed by atoms with E-state index in [4.69, 9.17) is 29.3 Å². The standard InChI is InChI=1S/C29H36N2O2.C2H2O4/c1-32-28-15-9-14-26(29(28)33-2)23-30-19-17-27(18-20-30)31(22-25-12-7-4-8-13-25)21-16-24-10-5-3-6-11-24;3-1(4)2(5)6/h3-15,27H,16-23H2,1-2H3;(H,3,4)(H,5,6). The molecule has 1 heterocycles. The molecule has 8 heteroatoms. The summed E-state index contributed by atoms with van der Waals surface area (Å²) in [4.78, 5) is 23.4. The lowest BCUT2D eigenvalue weighted by Gasteiger charge is -2.39. The number of para-hydroxylation sites is 1. The largest absolute Gasteiger partial charge is 0.493 e. The summed E-state index contributed by atoms with van der Waals surface area (Å²) in [6.07, 6.45) is 3.47. The van der Waals surface area contributed by atoms with Gasteiger partial charge in [-0.15, -0.1) is 0 Å². The molecule has 0 spiro atoms. The second-order valence-electron chi connectivity index (χ2n) is 9.46. The molecule has 3 aromatic rings. The van der Waals surface area contributed by atoms with Gasteiger partial charge in [0.1, 0.15) is 0 Å². The third-order valence-electron chi connectivity index (χ3n) is 6.89. The third-order valence-corrected chi connectivity index (χ3v) is 6.89. The highest BCUT2D eigenvalue weighted by atomic mass is 16.5. The number of carbonyl (C=O) groups is 2. The Morgan fingerprint density at radius 3 is 1.95 bits per heavy atom. The molecule has 0 unspecified atom stereocenters. The second kappa shape index (κ2) is 15.5. The molecular formula is C31H38N2O6. The Kier molecular flexibility index (Phi) is 11.8. The molecule has 0 saturated carbocycles. The van der Waals surface area contributed by atoms with Gasteiger partial charge in [0.05, 0.1) is 14.2 Å². The number of piperidine rings is 1. The smallest absolute Gasteiger partial charge is 0.414 e. The lowest BCUT2D eigenvalue weighted by atomic mass is 10.00. The van der Waals surface area contributed by atoms with Gasteiger partial charge in [-0.1, -0.05) is 72.8 Å². The maximum atomic E-state index is 9.10. The van der Waals surface area contributed by atoms with Gasteiger partial charge in [0.25, 0.3) is 0 Å². The molecule has 3 aromatic carbocycles. The molecule has 1 saturated heterocycles. The van der Waals surface area contributed by atoms with E-state index in [2.05, 4.69) is 82.6 Å². The summed E-state index contributed by atoms with van der Waals surface area (Å²) in [5.41, 5.74) is 4.01. The van der Waals surface area contributed by atoms with Gasteiger partial charge in [0.15, 0.2) is 11.5 Å². The van der Waals surface area contributed by atoms with Gasteiger partial charge in [-0.05, 0) is 49.5 Å². The van der Waals surface area contributed by atoms with Crippen LogP contribution >= 0.6 is 0 Å². The molecule has 1 aliphatic rings. The molecule has 208 valence electrons. The number of carboxylic acid groups (broad SMARTS) is 2. The van der Waals surface area contributed by atoms with Crippen LogP contribution in [0.5, 0.6) is 11.5 Å². The molecule has 0 radical (unpaired) electrons. The highest BCUT2D eigenvalue weighted by Crippen LogP contribution is 2.32. The van der Waals surface area contributed by atoms with Crippen LogP contribution in [0.1, 0.15) is 29.5 Å². The number of nitrogens with zero attached hydrogens (tertiary/aromatic N) is 2. The first-order chi connectivity index (χ1) is 18.9. The fourth-order valence-corrected chi connectivity index (χ4v) is 4.89. The number of hydrogen-bond acceptors (Lipinski definition) is 6. The van der Waals surface area contributed by atoms with E-state index in [9.17, 15) is 0 Å². The molecule has 4 rings (SSSR count). The van der Waals surface area contributed by atoms with E-state index >= 15 is 0 Å². The predicted octanol–water partition coefficient (Wildman–Crippen LogP) is 4.57. The van der Waals surface area contributed by atoms with Crippen molar-refractivity contribution < 1.29 is 29.3 Å². The Labute approximate surface area is 230 Å². The Balaban J connectivity index is 0.000000631. The van der Waals surface area contributed by atoms with Crippen LogP contribution < -0.4 is 9.47 Å². The summed E-state index contributed by atoms with van der Waals surface area (Å²) >= 11 is 0. The van der Waals surface area contributed by atoms with E-state index < -0.39 is 11.9 Å². The molecule has 0 amide bonds. The number of carboxylic acids is 2. The molecule has 0 aromatic heterocycles. The van der Waals surface area contributed by atoms with Gasteiger partial charge in [-0.3, -0.25) is 9.80 Å². The highest BCUT2D eigenvalue weighted by molar-refractivity contribution is 6.27. The molecule has 0 bridgehead atoms. The highest BCUT2D eigenvalue weighted by Gasteiger charge is 2.25. The van der Waals surface area contributed by atoms with Crippen molar-refractivity contribution in [2.75, 3.05) is 33.9 Å². The van der Waals surface area contributed by atoms with Gasteiger partial charge in [-0.2, -0.15) is 0 Å². The third kappa shape index (κ3) is 9.42. The second-order valence-corrected chi connectivity index (χ2v) is 9.46. The zero-order valence-corrected chi connectivity index (χ0v) is 22.7. The Morgan fingerprint density at radius 1 is 0.821 bits per heavy atom. The van der Waals surface area contributed by atoms with Crippen LogP contribution in [-0.4, -0.2) is 71.8 Å². The zero-order valence-electron chi connectivity index (χ0n) is 22.7. The molecule has 8 nitrogen and oxygen atoms in total. The van der Waals surface area contributed by atoms with Gasteiger partial charge in [0.2, 0.25) is 0 Å². The minimum Gasteiger partial charge on any atom is -0.493 e. The molecule has 0 atom stereocenters. The monoisotopic (exact) mass is 534 g/mol. The molecule has 1 fully saturated rings. The first kappa shape index (κ1) is 29.7. The topological polar surface area (TPSA) is 99.5 Å². The molecule has 1 aliphatic heterocycles. The fourth-order valence-electron chi connectivity index (χ4n) is 4.89. The Morgan fingerprint density at radius 2 is 1.41 bits per heavy atom. The van der Waals surface area contributed by atoms with E-state index in [1.807, 2.05) is 6.07 Å². The number of likely N-dealkylation sites (tertiary alicyclic amines) is 1. The molecule has 0 aliphatic carbocycles. The summed E-state index contributed by atoms with van der Waals surface area (Å²) in [5.74, 6) is -1.99.